The van der Waals surface area contributed by atoms with Crippen molar-refractivity contribution in [1.82, 2.24) is 10.2 Å². The van der Waals surface area contributed by atoms with Crippen LogP contribution in [0.2, 0.25) is 0 Å². The van der Waals surface area contributed by atoms with E-state index in [1.165, 1.54) is 51.4 Å². The Morgan fingerprint density at radius 2 is 1.76 bits per heavy atom. The molecule has 122 valence electrons. The summed E-state index contributed by atoms with van der Waals surface area (Å²) in [5.74, 6) is 3.78. The molecule has 0 bridgehead atoms. The van der Waals surface area contributed by atoms with Crippen LogP contribution in [0, 0.1) is 23.7 Å². The van der Waals surface area contributed by atoms with Crippen molar-refractivity contribution in [3.05, 3.63) is 0 Å². The second kappa shape index (κ2) is 6.58. The third-order valence-electron chi connectivity index (χ3n) is 7.01. The number of nitrogens with one attached hydrogen (secondary N) is 1. The summed E-state index contributed by atoms with van der Waals surface area (Å²) in [6.07, 6.45) is 12.1. The van der Waals surface area contributed by atoms with Crippen LogP contribution < -0.4 is 5.32 Å². The molecule has 2 nitrogen and oxygen atoms in total. The highest BCUT2D eigenvalue weighted by Crippen LogP contribution is 2.51. The van der Waals surface area contributed by atoms with Gasteiger partial charge in [0.15, 0.2) is 0 Å². The third kappa shape index (κ3) is 2.67. The first-order valence-electron chi connectivity index (χ1n) is 9.67. The van der Waals surface area contributed by atoms with E-state index in [0.29, 0.717) is 6.17 Å². The Bertz CT molecular complexity index is 334. The molecule has 0 aromatic rings. The predicted octanol–water partition coefficient (Wildman–Crippen LogP) is 4.26. The van der Waals surface area contributed by atoms with Crippen LogP contribution in [0.4, 0.5) is 0 Å². The van der Waals surface area contributed by atoms with Crippen molar-refractivity contribution in [2.24, 2.45) is 23.7 Å². The number of rotatable bonds is 5. The fourth-order valence-electron chi connectivity index (χ4n) is 6.10. The molecule has 0 aromatic carbocycles. The molecule has 1 aliphatic carbocycles. The first kappa shape index (κ1) is 15.8. The fraction of sp³-hybridized carbons (Fsp3) is 1.00. The Kier molecular flexibility index (Phi) is 4.95. The minimum Gasteiger partial charge on any atom is -0.298 e. The van der Waals surface area contributed by atoms with E-state index in [9.17, 15) is 0 Å². The summed E-state index contributed by atoms with van der Waals surface area (Å²) in [6, 6.07) is 1.59. The largest absolute Gasteiger partial charge is 0.298 e. The van der Waals surface area contributed by atoms with Crippen molar-refractivity contribution in [1.29, 1.82) is 0 Å². The van der Waals surface area contributed by atoms with Crippen LogP contribution in [0.15, 0.2) is 0 Å². The minimum absolute atomic E-state index is 0.675. The van der Waals surface area contributed by atoms with Gasteiger partial charge >= 0.3 is 0 Å². The second-order valence-electron chi connectivity index (χ2n) is 8.06. The van der Waals surface area contributed by atoms with Crippen LogP contribution in [0.5, 0.6) is 0 Å². The number of hydrogen-bond acceptors (Lipinski definition) is 2. The highest BCUT2D eigenvalue weighted by molar-refractivity contribution is 5.08. The molecule has 2 saturated heterocycles. The maximum Gasteiger partial charge on any atom is 0.0634 e. The van der Waals surface area contributed by atoms with Crippen molar-refractivity contribution >= 4 is 0 Å². The molecule has 3 rings (SSSR count). The van der Waals surface area contributed by atoms with E-state index >= 15 is 0 Å². The van der Waals surface area contributed by atoms with Gasteiger partial charge in [-0.2, -0.15) is 0 Å². The molecule has 1 saturated carbocycles. The fourth-order valence-corrected chi connectivity index (χ4v) is 6.10. The highest BCUT2D eigenvalue weighted by atomic mass is 15.3. The molecule has 3 aliphatic rings. The molecule has 0 spiro atoms. The quantitative estimate of drug-likeness (QED) is 0.814. The van der Waals surface area contributed by atoms with Crippen LogP contribution in [0.25, 0.3) is 0 Å². The molecule has 0 aromatic heterocycles. The van der Waals surface area contributed by atoms with Gasteiger partial charge in [0.1, 0.15) is 0 Å². The average molecular weight is 293 g/mol. The lowest BCUT2D eigenvalue weighted by atomic mass is 9.68. The molecule has 6 unspecified atom stereocenters. The standard InChI is InChI=1S/C19H36N2/c1-5-9-14(10-6-2)17-13(3)21(4)19-18(17)15-11-7-8-12-16(15)20-19/h13-20H,5-12H2,1-4H3. The normalized spacial score (nSPS) is 43.3. The van der Waals surface area contributed by atoms with Gasteiger partial charge in [0.05, 0.1) is 6.17 Å². The zero-order chi connectivity index (χ0) is 15.0. The van der Waals surface area contributed by atoms with Gasteiger partial charge < -0.3 is 0 Å². The maximum absolute atomic E-state index is 4.03. The average Bonchev–Trinajstić information content (AvgIpc) is 2.96. The van der Waals surface area contributed by atoms with Crippen molar-refractivity contribution in [2.75, 3.05) is 7.05 Å². The molecule has 0 radical (unpaired) electrons. The first-order valence-corrected chi connectivity index (χ1v) is 9.67. The topological polar surface area (TPSA) is 15.3 Å². The molecule has 2 heteroatoms. The SMILES string of the molecule is CCCC(CCC)C1C2C3CCCCC3NC2N(C)C1C. The smallest absolute Gasteiger partial charge is 0.0634 e. The van der Waals surface area contributed by atoms with Crippen LogP contribution >= 0.6 is 0 Å². The molecule has 6 atom stereocenters. The van der Waals surface area contributed by atoms with Gasteiger partial charge in [0.25, 0.3) is 0 Å². The van der Waals surface area contributed by atoms with E-state index in [1.54, 1.807) is 0 Å². The molecule has 2 aliphatic heterocycles. The summed E-state index contributed by atoms with van der Waals surface area (Å²) >= 11 is 0. The summed E-state index contributed by atoms with van der Waals surface area (Å²) in [6.45, 7) is 7.25. The van der Waals surface area contributed by atoms with Crippen molar-refractivity contribution in [2.45, 2.75) is 90.4 Å². The monoisotopic (exact) mass is 292 g/mol. The summed E-state index contributed by atoms with van der Waals surface area (Å²) in [7, 11) is 2.38. The second-order valence-corrected chi connectivity index (χ2v) is 8.06. The molecular formula is C19H36N2. The lowest BCUT2D eigenvalue weighted by Crippen LogP contribution is -2.44. The number of likely N-dealkylation sites (tertiary alicyclic amines) is 1. The van der Waals surface area contributed by atoms with Gasteiger partial charge in [0.2, 0.25) is 0 Å². The zero-order valence-corrected chi connectivity index (χ0v) is 14.6. The molecule has 1 N–H and O–H groups in total. The Hall–Kier alpha value is -0.0800. The third-order valence-corrected chi connectivity index (χ3v) is 7.01. The maximum atomic E-state index is 4.03. The van der Waals surface area contributed by atoms with Crippen molar-refractivity contribution in [3.63, 3.8) is 0 Å². The molecular weight excluding hydrogens is 256 g/mol. The lowest BCUT2D eigenvalue weighted by Gasteiger charge is -2.37. The lowest BCUT2D eigenvalue weighted by molar-refractivity contribution is 0.139. The molecule has 2 heterocycles. The summed E-state index contributed by atoms with van der Waals surface area (Å²) < 4.78 is 0. The first-order chi connectivity index (χ1) is 10.2. The van der Waals surface area contributed by atoms with E-state index in [0.717, 1.165) is 35.8 Å². The summed E-state index contributed by atoms with van der Waals surface area (Å²) in [4.78, 5) is 2.69. The van der Waals surface area contributed by atoms with Crippen molar-refractivity contribution in [3.8, 4) is 0 Å². The van der Waals surface area contributed by atoms with Crippen LogP contribution in [-0.4, -0.2) is 30.2 Å². The summed E-state index contributed by atoms with van der Waals surface area (Å²) in [5, 5.41) is 4.03. The van der Waals surface area contributed by atoms with Gasteiger partial charge in [-0.15, -0.1) is 0 Å². The van der Waals surface area contributed by atoms with E-state index in [-0.39, 0.29) is 0 Å². The highest BCUT2D eigenvalue weighted by Gasteiger charge is 2.56. The number of fused-ring (bicyclic) bond motifs is 3. The van der Waals surface area contributed by atoms with Gasteiger partial charge in [-0.3, -0.25) is 10.2 Å². The minimum atomic E-state index is 0.675. The van der Waals surface area contributed by atoms with Crippen molar-refractivity contribution < 1.29 is 0 Å². The van der Waals surface area contributed by atoms with E-state index < -0.39 is 0 Å². The van der Waals surface area contributed by atoms with E-state index in [4.69, 9.17) is 0 Å². The van der Waals surface area contributed by atoms with E-state index in [1.807, 2.05) is 0 Å². The van der Waals surface area contributed by atoms with Gasteiger partial charge in [-0.25, -0.2) is 0 Å². The Morgan fingerprint density at radius 3 is 2.43 bits per heavy atom. The number of hydrogen-bond donors (Lipinski definition) is 1. The molecule has 0 amide bonds. The Balaban J connectivity index is 1.83. The summed E-state index contributed by atoms with van der Waals surface area (Å²) in [5.41, 5.74) is 0. The Labute approximate surface area is 132 Å². The number of nitrogens with zero attached hydrogens (tertiary/aromatic N) is 1. The van der Waals surface area contributed by atoms with E-state index in [2.05, 4.69) is 38.0 Å². The van der Waals surface area contributed by atoms with Crippen LogP contribution in [0.3, 0.4) is 0 Å². The van der Waals surface area contributed by atoms with Gasteiger partial charge in [0, 0.05) is 12.1 Å². The molecule has 21 heavy (non-hydrogen) atoms. The Morgan fingerprint density at radius 1 is 1.10 bits per heavy atom. The van der Waals surface area contributed by atoms with Crippen LogP contribution in [-0.2, 0) is 0 Å². The van der Waals surface area contributed by atoms with Gasteiger partial charge in [-0.1, -0.05) is 52.4 Å². The molecule has 3 fully saturated rings. The van der Waals surface area contributed by atoms with Gasteiger partial charge in [-0.05, 0) is 50.5 Å². The van der Waals surface area contributed by atoms with Crippen LogP contribution in [0.1, 0.15) is 72.1 Å². The predicted molar refractivity (Wildman–Crippen MR) is 90.2 cm³/mol. The zero-order valence-electron chi connectivity index (χ0n) is 14.6.